The standard InChI is InChI=1S/C23H18Br3N3O6/c24-14-6-4-12(5-7-14)20(30)11-27(21(31)13-2-1-3-15(8-13)29(34)35)28-22(32)16-9-18(25)19(26)10-17(16)23(28)33/h1-8,16-19H,9-11H2/t16-,17-,18+,19+/m1/s1. The number of nitro benzene ring substituents is 1. The molecule has 0 unspecified atom stereocenters. The summed E-state index contributed by atoms with van der Waals surface area (Å²) in [5, 5.41) is 12.8. The molecule has 4 atom stereocenters. The van der Waals surface area contributed by atoms with E-state index in [1.54, 1.807) is 24.3 Å². The van der Waals surface area contributed by atoms with E-state index < -0.39 is 46.8 Å². The van der Waals surface area contributed by atoms with E-state index in [9.17, 15) is 29.3 Å². The van der Waals surface area contributed by atoms with Gasteiger partial charge in [-0.1, -0.05) is 66.0 Å². The first-order chi connectivity index (χ1) is 16.6. The molecule has 0 N–H and O–H groups in total. The third-order valence-corrected chi connectivity index (χ3v) is 9.39. The number of carbonyl (C=O) groups is 4. The van der Waals surface area contributed by atoms with Gasteiger partial charge in [-0.3, -0.25) is 29.3 Å². The predicted octanol–water partition coefficient (Wildman–Crippen LogP) is 4.52. The summed E-state index contributed by atoms with van der Waals surface area (Å²) < 4.78 is 0.751. The normalized spacial score (nSPS) is 23.7. The van der Waals surface area contributed by atoms with Crippen molar-refractivity contribution in [2.24, 2.45) is 11.8 Å². The first kappa shape index (κ1) is 25.6. The van der Waals surface area contributed by atoms with E-state index in [2.05, 4.69) is 47.8 Å². The molecule has 9 nitrogen and oxygen atoms in total. The second-order valence-electron chi connectivity index (χ2n) is 8.30. The molecular formula is C23H18Br3N3O6. The molecule has 1 saturated heterocycles. The van der Waals surface area contributed by atoms with Gasteiger partial charge < -0.3 is 0 Å². The largest absolute Gasteiger partial charge is 0.292 e. The smallest absolute Gasteiger partial charge is 0.273 e. The van der Waals surface area contributed by atoms with E-state index in [1.807, 2.05) is 0 Å². The maximum Gasteiger partial charge on any atom is 0.273 e. The number of nitro groups is 1. The molecule has 182 valence electrons. The van der Waals surface area contributed by atoms with Gasteiger partial charge in [0, 0.05) is 37.4 Å². The number of imide groups is 1. The molecule has 2 aromatic carbocycles. The van der Waals surface area contributed by atoms with Crippen LogP contribution in [0.1, 0.15) is 33.6 Å². The van der Waals surface area contributed by atoms with Gasteiger partial charge >= 0.3 is 0 Å². The van der Waals surface area contributed by atoms with E-state index in [0.29, 0.717) is 12.8 Å². The number of ketones is 1. The fraction of sp³-hybridized carbons (Fsp3) is 0.304. The molecule has 1 aliphatic carbocycles. The lowest BCUT2D eigenvalue weighted by molar-refractivity contribution is -0.384. The van der Waals surface area contributed by atoms with Crippen molar-refractivity contribution in [2.75, 3.05) is 6.54 Å². The highest BCUT2D eigenvalue weighted by atomic mass is 79.9. The molecule has 1 heterocycles. The molecule has 12 heteroatoms. The number of hydrogen-bond acceptors (Lipinski definition) is 6. The van der Waals surface area contributed by atoms with E-state index in [4.69, 9.17) is 0 Å². The first-order valence-corrected chi connectivity index (χ1v) is 13.2. The summed E-state index contributed by atoms with van der Waals surface area (Å²) >= 11 is 10.4. The Morgan fingerprint density at radius 2 is 1.54 bits per heavy atom. The van der Waals surface area contributed by atoms with Crippen molar-refractivity contribution in [1.29, 1.82) is 0 Å². The molecule has 2 fully saturated rings. The minimum Gasteiger partial charge on any atom is -0.292 e. The summed E-state index contributed by atoms with van der Waals surface area (Å²) in [6.07, 6.45) is 0.780. The summed E-state index contributed by atoms with van der Waals surface area (Å²) in [5.41, 5.74) is -0.162. The molecule has 0 radical (unpaired) electrons. The van der Waals surface area contributed by atoms with Crippen LogP contribution in [0.15, 0.2) is 53.0 Å². The van der Waals surface area contributed by atoms with Crippen LogP contribution >= 0.6 is 47.8 Å². The van der Waals surface area contributed by atoms with E-state index in [0.717, 1.165) is 20.6 Å². The van der Waals surface area contributed by atoms with Crippen molar-refractivity contribution in [3.63, 3.8) is 0 Å². The number of rotatable bonds is 6. The van der Waals surface area contributed by atoms with Gasteiger partial charge in [-0.25, -0.2) is 5.01 Å². The SMILES string of the molecule is O=C(CN(C(=O)c1cccc([N+](=O)[O-])c1)N1C(=O)[C@@H]2C[C@H](Br)[C@@H](Br)C[C@H]2C1=O)c1ccc(Br)cc1. The lowest BCUT2D eigenvalue weighted by Gasteiger charge is -2.30. The van der Waals surface area contributed by atoms with Gasteiger partial charge in [-0.15, -0.1) is 0 Å². The minimum atomic E-state index is -0.856. The second-order valence-corrected chi connectivity index (χ2v) is 11.6. The van der Waals surface area contributed by atoms with Crippen LogP contribution in [0.3, 0.4) is 0 Å². The number of fused-ring (bicyclic) bond motifs is 1. The van der Waals surface area contributed by atoms with Crippen LogP contribution in [0.2, 0.25) is 0 Å². The Labute approximate surface area is 225 Å². The van der Waals surface area contributed by atoms with Gasteiger partial charge in [0.25, 0.3) is 23.4 Å². The third-order valence-electron chi connectivity index (χ3n) is 6.13. The second kappa shape index (κ2) is 10.3. The van der Waals surface area contributed by atoms with Gasteiger partial charge in [0.2, 0.25) is 0 Å². The number of carbonyl (C=O) groups excluding carboxylic acids is 4. The van der Waals surface area contributed by atoms with Crippen molar-refractivity contribution in [2.45, 2.75) is 22.5 Å². The quantitative estimate of drug-likeness (QED) is 0.147. The summed E-state index contributed by atoms with van der Waals surface area (Å²) in [5.74, 6) is -3.75. The lowest BCUT2D eigenvalue weighted by atomic mass is 9.81. The summed E-state index contributed by atoms with van der Waals surface area (Å²) in [7, 11) is 0. The molecule has 0 spiro atoms. The number of hydrogen-bond donors (Lipinski definition) is 0. The Kier molecular flexibility index (Phi) is 7.53. The summed E-state index contributed by atoms with van der Waals surface area (Å²) in [6.45, 7) is -0.588. The average Bonchev–Trinajstić information content (AvgIpc) is 3.06. The van der Waals surface area contributed by atoms with Crippen LogP contribution in [0.25, 0.3) is 0 Å². The Morgan fingerprint density at radius 3 is 2.09 bits per heavy atom. The van der Waals surface area contributed by atoms with Crippen molar-refractivity contribution in [3.05, 3.63) is 74.2 Å². The summed E-state index contributed by atoms with van der Waals surface area (Å²) in [6, 6.07) is 11.4. The average molecular weight is 672 g/mol. The minimum absolute atomic E-state index is 0.0363. The van der Waals surface area contributed by atoms with Crippen LogP contribution in [0.4, 0.5) is 5.69 Å². The fourth-order valence-electron chi connectivity index (χ4n) is 4.31. The van der Waals surface area contributed by atoms with Gasteiger partial charge in [0.1, 0.15) is 6.54 Å². The molecule has 35 heavy (non-hydrogen) atoms. The van der Waals surface area contributed by atoms with Crippen molar-refractivity contribution in [1.82, 2.24) is 10.0 Å². The number of halogens is 3. The maximum atomic E-state index is 13.5. The molecule has 2 aliphatic rings. The summed E-state index contributed by atoms with van der Waals surface area (Å²) in [4.78, 5) is 63.8. The van der Waals surface area contributed by atoms with Crippen LogP contribution < -0.4 is 0 Å². The molecule has 2 aromatic rings. The number of alkyl halides is 2. The van der Waals surface area contributed by atoms with Crippen LogP contribution in [-0.4, -0.2) is 54.6 Å². The predicted molar refractivity (Wildman–Crippen MR) is 136 cm³/mol. The Morgan fingerprint density at radius 1 is 0.971 bits per heavy atom. The fourth-order valence-corrected chi connectivity index (χ4v) is 5.81. The molecule has 1 saturated carbocycles. The van der Waals surface area contributed by atoms with E-state index in [1.165, 1.54) is 18.2 Å². The van der Waals surface area contributed by atoms with Crippen molar-refractivity contribution >= 4 is 77.0 Å². The van der Waals surface area contributed by atoms with Crippen LogP contribution in [-0.2, 0) is 9.59 Å². The number of amides is 3. The maximum absolute atomic E-state index is 13.5. The number of non-ortho nitro benzene ring substituents is 1. The van der Waals surface area contributed by atoms with E-state index >= 15 is 0 Å². The molecule has 0 bridgehead atoms. The van der Waals surface area contributed by atoms with Gasteiger partial charge in [0.15, 0.2) is 5.78 Å². The van der Waals surface area contributed by atoms with Gasteiger partial charge in [0.05, 0.1) is 16.8 Å². The number of hydrazine groups is 1. The van der Waals surface area contributed by atoms with Gasteiger partial charge in [-0.05, 0) is 31.0 Å². The zero-order chi connectivity index (χ0) is 25.4. The highest BCUT2D eigenvalue weighted by Crippen LogP contribution is 2.43. The Balaban J connectivity index is 1.72. The van der Waals surface area contributed by atoms with Crippen molar-refractivity contribution in [3.8, 4) is 0 Å². The van der Waals surface area contributed by atoms with Crippen LogP contribution in [0, 0.1) is 22.0 Å². The van der Waals surface area contributed by atoms with E-state index in [-0.39, 0.29) is 26.5 Å². The molecule has 0 aromatic heterocycles. The number of nitrogens with zero attached hydrogens (tertiary/aromatic N) is 3. The van der Waals surface area contributed by atoms with Crippen molar-refractivity contribution < 1.29 is 24.1 Å². The zero-order valence-corrected chi connectivity index (χ0v) is 22.7. The molecular weight excluding hydrogens is 654 g/mol. The Hall–Kier alpha value is -2.44. The highest BCUT2D eigenvalue weighted by Gasteiger charge is 2.54. The number of Topliss-reactive ketones (excluding diaryl/α,β-unsaturated/α-hetero) is 1. The zero-order valence-electron chi connectivity index (χ0n) is 18.0. The van der Waals surface area contributed by atoms with Crippen LogP contribution in [0.5, 0.6) is 0 Å². The molecule has 4 rings (SSSR count). The third kappa shape index (κ3) is 5.10. The highest BCUT2D eigenvalue weighted by molar-refractivity contribution is 9.12. The number of benzene rings is 2. The monoisotopic (exact) mass is 669 g/mol. The molecule has 3 amide bonds. The Bertz CT molecular complexity index is 1190. The van der Waals surface area contributed by atoms with Gasteiger partial charge in [-0.2, -0.15) is 5.01 Å². The first-order valence-electron chi connectivity index (χ1n) is 10.6. The topological polar surface area (TPSA) is 118 Å². The molecule has 1 aliphatic heterocycles. The lowest BCUT2D eigenvalue weighted by Crippen LogP contribution is -2.52.